The second-order valence-electron chi connectivity index (χ2n) is 7.35. The fourth-order valence-corrected chi connectivity index (χ4v) is 4.75. The number of halogens is 2. The van der Waals surface area contributed by atoms with E-state index in [1.807, 2.05) is 6.07 Å². The number of likely N-dealkylation sites (tertiary alicyclic amines) is 1. The van der Waals surface area contributed by atoms with Crippen molar-refractivity contribution in [2.24, 2.45) is 0 Å². The molecule has 1 saturated heterocycles. The first-order valence-electron chi connectivity index (χ1n) is 9.90. The molecule has 2 aromatic rings. The molecule has 0 spiro atoms. The molecule has 156 valence electrons. The van der Waals surface area contributed by atoms with Gasteiger partial charge in [0.15, 0.2) is 0 Å². The Hall–Kier alpha value is -1.87. The molecule has 2 aliphatic rings. The van der Waals surface area contributed by atoms with Gasteiger partial charge in [-0.25, -0.2) is 4.98 Å². The zero-order valence-corrected chi connectivity index (χ0v) is 17.0. The lowest BCUT2D eigenvalue weighted by molar-refractivity contribution is -0.399. The van der Waals surface area contributed by atoms with Crippen LogP contribution < -0.4 is 5.32 Å². The second kappa shape index (κ2) is 8.87. The highest BCUT2D eigenvalue weighted by Crippen LogP contribution is 2.34. The number of thiophene rings is 1. The number of hydrogen-bond acceptors (Lipinski definition) is 6. The molecule has 0 saturated carbocycles. The highest BCUT2D eigenvalue weighted by Gasteiger charge is 2.38. The minimum Gasteiger partial charge on any atom is -0.344 e. The summed E-state index contributed by atoms with van der Waals surface area (Å²) in [7, 11) is 0. The Labute approximate surface area is 173 Å². The SMILES string of the molecule is C=CCOC(F)(F)OC1Cc2cc(-c3ccc(CN4CCCCC4)s3)cnc2N1. The minimum absolute atomic E-state index is 0.285. The van der Waals surface area contributed by atoms with E-state index in [4.69, 9.17) is 4.74 Å². The molecule has 29 heavy (non-hydrogen) atoms. The summed E-state index contributed by atoms with van der Waals surface area (Å²) in [6, 6.07) is 6.28. The zero-order chi connectivity index (χ0) is 20.3. The minimum atomic E-state index is -3.67. The first-order valence-corrected chi connectivity index (χ1v) is 10.7. The zero-order valence-electron chi connectivity index (χ0n) is 16.2. The number of alkyl halides is 2. The van der Waals surface area contributed by atoms with Gasteiger partial charge in [-0.05, 0) is 49.7 Å². The molecule has 0 amide bonds. The third-order valence-electron chi connectivity index (χ3n) is 5.09. The summed E-state index contributed by atoms with van der Waals surface area (Å²) in [5.41, 5.74) is 1.86. The Morgan fingerprint density at radius 3 is 2.93 bits per heavy atom. The van der Waals surface area contributed by atoms with E-state index in [9.17, 15) is 8.78 Å². The van der Waals surface area contributed by atoms with E-state index in [0.29, 0.717) is 12.2 Å². The lowest BCUT2D eigenvalue weighted by Crippen LogP contribution is -2.34. The molecule has 2 aliphatic heterocycles. The number of hydrogen-bond donors (Lipinski definition) is 1. The molecule has 0 bridgehead atoms. The van der Waals surface area contributed by atoms with Gasteiger partial charge in [0.05, 0.1) is 6.61 Å². The van der Waals surface area contributed by atoms with Crippen LogP contribution in [0.5, 0.6) is 0 Å². The third kappa shape index (κ3) is 5.19. The normalized spacial score (nSPS) is 19.7. The van der Waals surface area contributed by atoms with Crippen LogP contribution in [0.3, 0.4) is 0 Å². The Kier molecular flexibility index (Phi) is 6.24. The molecular weight excluding hydrogens is 396 g/mol. The predicted molar refractivity (Wildman–Crippen MR) is 110 cm³/mol. The van der Waals surface area contributed by atoms with Crippen LogP contribution in [0, 0.1) is 0 Å². The third-order valence-corrected chi connectivity index (χ3v) is 6.21. The molecule has 0 aliphatic carbocycles. The number of nitrogens with zero attached hydrogens (tertiary/aromatic N) is 2. The van der Waals surface area contributed by atoms with Gasteiger partial charge < -0.3 is 5.32 Å². The van der Waals surface area contributed by atoms with E-state index in [1.165, 1.54) is 43.3 Å². The molecule has 8 heteroatoms. The van der Waals surface area contributed by atoms with Crippen LogP contribution >= 0.6 is 11.3 Å². The Morgan fingerprint density at radius 1 is 1.31 bits per heavy atom. The highest BCUT2D eigenvalue weighted by molar-refractivity contribution is 7.15. The van der Waals surface area contributed by atoms with Crippen molar-refractivity contribution < 1.29 is 18.3 Å². The molecule has 1 fully saturated rings. The molecule has 5 nitrogen and oxygen atoms in total. The topological polar surface area (TPSA) is 46.6 Å². The van der Waals surface area contributed by atoms with Crippen molar-refractivity contribution in [3.05, 3.63) is 47.5 Å². The summed E-state index contributed by atoms with van der Waals surface area (Å²) in [6.07, 6.45) is 2.66. The fraction of sp³-hybridized carbons (Fsp3) is 0.476. The molecule has 2 aromatic heterocycles. The van der Waals surface area contributed by atoms with E-state index >= 15 is 0 Å². The van der Waals surface area contributed by atoms with Crippen molar-refractivity contribution in [1.82, 2.24) is 9.88 Å². The lowest BCUT2D eigenvalue weighted by Gasteiger charge is -2.25. The Bertz CT molecular complexity index is 852. The predicted octanol–water partition coefficient (Wildman–Crippen LogP) is 4.86. The van der Waals surface area contributed by atoms with Crippen LogP contribution in [0.4, 0.5) is 14.6 Å². The number of anilines is 1. The van der Waals surface area contributed by atoms with Gasteiger partial charge >= 0.3 is 6.29 Å². The number of pyridine rings is 1. The van der Waals surface area contributed by atoms with Crippen molar-refractivity contribution in [2.45, 2.75) is 44.8 Å². The van der Waals surface area contributed by atoms with Crippen molar-refractivity contribution in [3.63, 3.8) is 0 Å². The summed E-state index contributed by atoms with van der Waals surface area (Å²) < 4.78 is 36.5. The quantitative estimate of drug-likeness (QED) is 0.487. The smallest absolute Gasteiger partial charge is 0.344 e. The van der Waals surface area contributed by atoms with E-state index in [0.717, 1.165) is 22.5 Å². The average molecular weight is 422 g/mol. The van der Waals surface area contributed by atoms with Gasteiger partial charge in [0.2, 0.25) is 0 Å². The van der Waals surface area contributed by atoms with Crippen molar-refractivity contribution in [3.8, 4) is 10.4 Å². The Balaban J connectivity index is 1.39. The number of nitrogens with one attached hydrogen (secondary N) is 1. The maximum atomic E-state index is 13.7. The number of ether oxygens (including phenoxy) is 2. The molecule has 1 unspecified atom stereocenters. The fourth-order valence-electron chi connectivity index (χ4n) is 3.72. The van der Waals surface area contributed by atoms with Crippen molar-refractivity contribution in [1.29, 1.82) is 0 Å². The summed E-state index contributed by atoms with van der Waals surface area (Å²) in [5, 5.41) is 2.88. The van der Waals surface area contributed by atoms with Crippen molar-refractivity contribution in [2.75, 3.05) is 25.0 Å². The van der Waals surface area contributed by atoms with E-state index < -0.39 is 12.5 Å². The van der Waals surface area contributed by atoms with Gasteiger partial charge in [-0.15, -0.1) is 26.7 Å². The van der Waals surface area contributed by atoms with Gasteiger partial charge in [0.25, 0.3) is 0 Å². The summed E-state index contributed by atoms with van der Waals surface area (Å²) in [6.45, 7) is 6.40. The monoisotopic (exact) mass is 421 g/mol. The average Bonchev–Trinajstić information content (AvgIpc) is 3.32. The van der Waals surface area contributed by atoms with Crippen LogP contribution in [-0.4, -0.2) is 42.1 Å². The Morgan fingerprint density at radius 2 is 2.14 bits per heavy atom. The maximum absolute atomic E-state index is 13.7. The number of rotatable bonds is 8. The number of aromatic nitrogens is 1. The lowest BCUT2D eigenvalue weighted by atomic mass is 10.1. The summed E-state index contributed by atoms with van der Waals surface area (Å²) >= 11 is 1.76. The van der Waals surface area contributed by atoms with Crippen LogP contribution in [0.15, 0.2) is 37.1 Å². The molecular formula is C21H25F2N3O2S. The van der Waals surface area contributed by atoms with Gasteiger partial charge in [-0.3, -0.25) is 14.4 Å². The number of piperidine rings is 1. The maximum Gasteiger partial charge on any atom is 0.487 e. The largest absolute Gasteiger partial charge is 0.487 e. The van der Waals surface area contributed by atoms with Crippen LogP contribution in [-0.2, 0) is 22.4 Å². The van der Waals surface area contributed by atoms with Crippen LogP contribution in [0.25, 0.3) is 10.4 Å². The van der Waals surface area contributed by atoms with Gasteiger partial charge in [0, 0.05) is 34.5 Å². The highest BCUT2D eigenvalue weighted by atomic mass is 32.1. The first-order chi connectivity index (χ1) is 14.0. The van der Waals surface area contributed by atoms with Crippen molar-refractivity contribution >= 4 is 17.2 Å². The summed E-state index contributed by atoms with van der Waals surface area (Å²) in [5.74, 6) is 0.573. The van der Waals surface area contributed by atoms with Gasteiger partial charge in [-0.2, -0.15) is 0 Å². The molecule has 4 rings (SSSR count). The van der Waals surface area contributed by atoms with E-state index in [1.54, 1.807) is 17.5 Å². The first kappa shape index (κ1) is 20.4. The standard InChI is InChI=1S/C21H25F2N3O2S/c1-2-10-27-21(22,23)28-19-12-15-11-16(13-24-20(15)25-19)18-7-6-17(29-18)14-26-8-4-3-5-9-26/h2,6-7,11,13,19H,1,3-5,8-10,12,14H2,(H,24,25). The molecule has 1 N–H and O–H groups in total. The summed E-state index contributed by atoms with van der Waals surface area (Å²) in [4.78, 5) is 9.38. The molecule has 0 aromatic carbocycles. The van der Waals surface area contributed by atoms with Crippen LogP contribution in [0.1, 0.15) is 29.7 Å². The number of fused-ring (bicyclic) bond motifs is 1. The van der Waals surface area contributed by atoms with Gasteiger partial charge in [0.1, 0.15) is 12.0 Å². The molecule has 0 radical (unpaired) electrons. The molecule has 1 atom stereocenters. The second-order valence-corrected chi connectivity index (χ2v) is 8.52. The molecule has 4 heterocycles. The van der Waals surface area contributed by atoms with E-state index in [2.05, 4.69) is 38.6 Å². The van der Waals surface area contributed by atoms with E-state index in [-0.39, 0.29) is 6.61 Å². The van der Waals surface area contributed by atoms with Gasteiger partial charge in [-0.1, -0.05) is 12.5 Å². The van der Waals surface area contributed by atoms with Crippen LogP contribution in [0.2, 0.25) is 0 Å².